The van der Waals surface area contributed by atoms with Crippen LogP contribution in [0.2, 0.25) is 0 Å². The van der Waals surface area contributed by atoms with Crippen molar-refractivity contribution in [2.45, 2.75) is 45.6 Å². The number of hydrogen-bond acceptors (Lipinski definition) is 3. The Labute approximate surface area is 116 Å². The second kappa shape index (κ2) is 6.08. The van der Waals surface area contributed by atoms with Crippen molar-refractivity contribution in [2.75, 3.05) is 26.2 Å². The zero-order chi connectivity index (χ0) is 14.0. The van der Waals surface area contributed by atoms with Gasteiger partial charge in [-0.2, -0.15) is 17.0 Å². The lowest BCUT2D eigenvalue weighted by Crippen LogP contribution is -2.54. The predicted molar refractivity (Wildman–Crippen MR) is 74.9 cm³/mol. The van der Waals surface area contributed by atoms with E-state index < -0.39 is 10.2 Å². The molecule has 0 aromatic heterocycles. The highest BCUT2D eigenvalue weighted by molar-refractivity contribution is 7.86. The van der Waals surface area contributed by atoms with Gasteiger partial charge in [0, 0.05) is 32.3 Å². The highest BCUT2D eigenvalue weighted by Crippen LogP contribution is 2.28. The predicted octanol–water partition coefficient (Wildman–Crippen LogP) is 1.06. The monoisotopic (exact) mass is 290 g/mol. The van der Waals surface area contributed by atoms with Gasteiger partial charge in [0.1, 0.15) is 0 Å². The molecule has 0 aromatic rings. The van der Waals surface area contributed by atoms with Gasteiger partial charge in [-0.15, -0.1) is 0 Å². The van der Waals surface area contributed by atoms with Crippen molar-refractivity contribution < 1.29 is 13.5 Å². The largest absolute Gasteiger partial charge is 0.396 e. The Balaban J connectivity index is 2.12. The Kier molecular flexibility index (Phi) is 4.87. The first-order valence-electron chi connectivity index (χ1n) is 7.33. The van der Waals surface area contributed by atoms with E-state index in [1.54, 1.807) is 8.61 Å². The van der Waals surface area contributed by atoms with E-state index in [-0.39, 0.29) is 18.6 Å². The van der Waals surface area contributed by atoms with Crippen molar-refractivity contribution in [3.05, 3.63) is 0 Å². The molecule has 0 spiro atoms. The minimum Gasteiger partial charge on any atom is -0.396 e. The zero-order valence-electron chi connectivity index (χ0n) is 12.0. The van der Waals surface area contributed by atoms with Crippen LogP contribution in [0, 0.1) is 11.8 Å². The smallest absolute Gasteiger partial charge is 0.282 e. The maximum absolute atomic E-state index is 12.7. The Morgan fingerprint density at radius 1 is 1.16 bits per heavy atom. The first-order chi connectivity index (χ1) is 8.95. The molecule has 3 atom stereocenters. The van der Waals surface area contributed by atoms with Gasteiger partial charge < -0.3 is 5.11 Å². The molecule has 19 heavy (non-hydrogen) atoms. The van der Waals surface area contributed by atoms with Gasteiger partial charge in [-0.1, -0.05) is 6.92 Å². The highest BCUT2D eigenvalue weighted by atomic mass is 32.2. The summed E-state index contributed by atoms with van der Waals surface area (Å²) in [6.45, 7) is 5.89. The van der Waals surface area contributed by atoms with Crippen LogP contribution in [-0.2, 0) is 10.2 Å². The van der Waals surface area contributed by atoms with Gasteiger partial charge in [-0.3, -0.25) is 0 Å². The van der Waals surface area contributed by atoms with Gasteiger partial charge in [-0.05, 0) is 44.4 Å². The molecule has 0 aliphatic carbocycles. The van der Waals surface area contributed by atoms with Gasteiger partial charge >= 0.3 is 0 Å². The van der Waals surface area contributed by atoms with Crippen molar-refractivity contribution in [1.29, 1.82) is 0 Å². The molecule has 2 rings (SSSR count). The second-order valence-electron chi connectivity index (χ2n) is 6.16. The van der Waals surface area contributed by atoms with E-state index in [0.717, 1.165) is 25.7 Å². The molecule has 0 amide bonds. The average molecular weight is 290 g/mol. The Bertz CT molecular complexity index is 399. The third-order valence-electron chi connectivity index (χ3n) is 4.42. The molecular formula is C13H26N2O3S. The summed E-state index contributed by atoms with van der Waals surface area (Å²) in [5.41, 5.74) is 0. The van der Waals surface area contributed by atoms with E-state index in [2.05, 4.69) is 6.92 Å². The van der Waals surface area contributed by atoms with E-state index in [0.29, 0.717) is 25.6 Å². The molecule has 2 heterocycles. The van der Waals surface area contributed by atoms with Gasteiger partial charge in [0.05, 0.1) is 0 Å². The summed E-state index contributed by atoms with van der Waals surface area (Å²) < 4.78 is 28.7. The molecule has 1 N–H and O–H groups in total. The molecule has 0 saturated carbocycles. The summed E-state index contributed by atoms with van der Waals surface area (Å²) in [5, 5.41) is 9.28. The lowest BCUT2D eigenvalue weighted by Gasteiger charge is -2.41. The minimum absolute atomic E-state index is 0.0463. The van der Waals surface area contributed by atoms with Crippen LogP contribution in [0.1, 0.15) is 39.5 Å². The molecule has 2 fully saturated rings. The quantitative estimate of drug-likeness (QED) is 0.845. The first-order valence-corrected chi connectivity index (χ1v) is 8.72. The molecule has 2 aliphatic heterocycles. The fourth-order valence-corrected chi connectivity index (χ4v) is 5.18. The number of piperidine rings is 2. The average Bonchev–Trinajstić information content (AvgIpc) is 2.39. The SMILES string of the molecule is CC1CCCN(S(=O)(=O)N2CC(CO)CCC2C)C1. The maximum Gasteiger partial charge on any atom is 0.282 e. The molecule has 5 nitrogen and oxygen atoms in total. The van der Waals surface area contributed by atoms with Gasteiger partial charge in [-0.25, -0.2) is 0 Å². The van der Waals surface area contributed by atoms with Crippen molar-refractivity contribution in [3.63, 3.8) is 0 Å². The minimum atomic E-state index is -3.35. The molecule has 0 radical (unpaired) electrons. The summed E-state index contributed by atoms with van der Waals surface area (Å²) in [6, 6.07) is 0.0463. The van der Waals surface area contributed by atoms with Crippen molar-refractivity contribution >= 4 is 10.2 Å². The molecule has 112 valence electrons. The Hall–Kier alpha value is -0.170. The van der Waals surface area contributed by atoms with Crippen LogP contribution < -0.4 is 0 Å². The Morgan fingerprint density at radius 3 is 2.53 bits per heavy atom. The third-order valence-corrected chi connectivity index (χ3v) is 6.51. The van der Waals surface area contributed by atoms with E-state index in [1.807, 2.05) is 6.92 Å². The number of rotatable bonds is 3. The molecular weight excluding hydrogens is 264 g/mol. The molecule has 2 saturated heterocycles. The Morgan fingerprint density at radius 2 is 1.89 bits per heavy atom. The first kappa shape index (κ1) is 15.2. The van der Waals surface area contributed by atoms with Crippen LogP contribution in [0.25, 0.3) is 0 Å². The summed E-state index contributed by atoms with van der Waals surface area (Å²) in [6.07, 6.45) is 3.82. The summed E-state index contributed by atoms with van der Waals surface area (Å²) in [4.78, 5) is 0. The summed E-state index contributed by atoms with van der Waals surface area (Å²) in [5.74, 6) is 0.533. The van der Waals surface area contributed by atoms with E-state index in [9.17, 15) is 13.5 Å². The van der Waals surface area contributed by atoms with Crippen LogP contribution in [0.3, 0.4) is 0 Å². The van der Waals surface area contributed by atoms with E-state index in [1.165, 1.54) is 0 Å². The third kappa shape index (κ3) is 3.29. The maximum atomic E-state index is 12.7. The second-order valence-corrected chi connectivity index (χ2v) is 8.04. The number of aliphatic hydroxyl groups excluding tert-OH is 1. The van der Waals surface area contributed by atoms with Gasteiger partial charge in [0.25, 0.3) is 10.2 Å². The van der Waals surface area contributed by atoms with Crippen LogP contribution in [-0.4, -0.2) is 54.4 Å². The highest BCUT2D eigenvalue weighted by Gasteiger charge is 2.38. The molecule has 0 aromatic carbocycles. The number of nitrogens with zero attached hydrogens (tertiary/aromatic N) is 2. The van der Waals surface area contributed by atoms with Crippen LogP contribution in [0.5, 0.6) is 0 Å². The van der Waals surface area contributed by atoms with Crippen molar-refractivity contribution in [2.24, 2.45) is 11.8 Å². The fourth-order valence-electron chi connectivity index (χ4n) is 3.12. The molecule has 0 bridgehead atoms. The summed E-state index contributed by atoms with van der Waals surface area (Å²) in [7, 11) is -3.35. The molecule has 6 heteroatoms. The topological polar surface area (TPSA) is 60.9 Å². The van der Waals surface area contributed by atoms with E-state index in [4.69, 9.17) is 0 Å². The zero-order valence-corrected chi connectivity index (χ0v) is 12.8. The van der Waals surface area contributed by atoms with Crippen LogP contribution in [0.4, 0.5) is 0 Å². The van der Waals surface area contributed by atoms with Crippen molar-refractivity contribution in [1.82, 2.24) is 8.61 Å². The van der Waals surface area contributed by atoms with Crippen LogP contribution >= 0.6 is 0 Å². The summed E-state index contributed by atoms with van der Waals surface area (Å²) >= 11 is 0. The fraction of sp³-hybridized carbons (Fsp3) is 1.00. The lowest BCUT2D eigenvalue weighted by molar-refractivity contribution is 0.130. The van der Waals surface area contributed by atoms with Gasteiger partial charge in [0.2, 0.25) is 0 Å². The number of aliphatic hydroxyl groups is 1. The van der Waals surface area contributed by atoms with Crippen molar-refractivity contribution in [3.8, 4) is 0 Å². The molecule has 2 aliphatic rings. The molecule has 3 unspecified atom stereocenters. The standard InChI is InChI=1S/C13H26N2O3S/c1-11-4-3-7-14(8-11)19(17,18)15-9-13(10-16)6-5-12(15)2/h11-13,16H,3-10H2,1-2H3. The lowest BCUT2D eigenvalue weighted by atomic mass is 9.96. The van der Waals surface area contributed by atoms with Crippen LogP contribution in [0.15, 0.2) is 0 Å². The van der Waals surface area contributed by atoms with Gasteiger partial charge in [0.15, 0.2) is 0 Å². The number of hydrogen-bond donors (Lipinski definition) is 1. The van der Waals surface area contributed by atoms with E-state index >= 15 is 0 Å². The normalized spacial score (nSPS) is 35.4.